The van der Waals surface area contributed by atoms with Crippen molar-refractivity contribution in [3.8, 4) is 0 Å². The number of hydrogen-bond acceptors (Lipinski definition) is 5. The van der Waals surface area contributed by atoms with Crippen LogP contribution in [-0.2, 0) is 0 Å². The predicted molar refractivity (Wildman–Crippen MR) is 100 cm³/mol. The van der Waals surface area contributed by atoms with Gasteiger partial charge in [-0.2, -0.15) is 0 Å². The van der Waals surface area contributed by atoms with E-state index in [1.165, 1.54) is 11.3 Å². The largest absolute Gasteiger partial charge is 0.354 e. The monoisotopic (exact) mass is 402 g/mol. The smallest absolute Gasteiger partial charge is 0.261 e. The predicted octanol–water partition coefficient (Wildman–Crippen LogP) is 2.96. The number of rotatable bonds is 3. The molecule has 2 amide bonds. The summed E-state index contributed by atoms with van der Waals surface area (Å²) in [6, 6.07) is 2.79. The molecule has 0 aliphatic carbocycles. The summed E-state index contributed by atoms with van der Waals surface area (Å²) in [5.41, 5.74) is 1.40. The summed E-state index contributed by atoms with van der Waals surface area (Å²) < 4.78 is 26.9. The summed E-state index contributed by atoms with van der Waals surface area (Å²) >= 11 is 1.27. The van der Waals surface area contributed by atoms with Gasteiger partial charge in [-0.15, -0.1) is 11.3 Å². The normalized spacial score (nSPS) is 16.5. The van der Waals surface area contributed by atoms with Gasteiger partial charge in [0.1, 0.15) is 22.0 Å². The zero-order chi connectivity index (χ0) is 19.8. The molecule has 2 aromatic heterocycles. The Morgan fingerprint density at radius 1 is 1.18 bits per heavy atom. The standard InChI is InChI=1S/C19H16F2N4O2S/c1-22-17(26)16-14(15-18(28-16)24-4-3-23-15)10-2-5-25(9-10)19(27)11-6-12(20)8-13(21)7-11/h3-4,6-8,10H,2,5,9H2,1H3,(H,22,26)/t10-/m1/s1. The van der Waals surface area contributed by atoms with Crippen molar-refractivity contribution in [2.45, 2.75) is 12.3 Å². The third-order valence-corrected chi connectivity index (χ3v) is 5.89. The Kier molecular flexibility index (Phi) is 4.76. The van der Waals surface area contributed by atoms with E-state index in [9.17, 15) is 18.4 Å². The first-order valence-corrected chi connectivity index (χ1v) is 9.50. The van der Waals surface area contributed by atoms with Crippen molar-refractivity contribution in [1.29, 1.82) is 0 Å². The minimum absolute atomic E-state index is 0.0281. The molecule has 3 aromatic rings. The number of nitrogens with zero attached hydrogens (tertiary/aromatic N) is 3. The number of aromatic nitrogens is 2. The van der Waals surface area contributed by atoms with E-state index in [0.29, 0.717) is 34.7 Å². The Hall–Kier alpha value is -2.94. The SMILES string of the molecule is CNC(=O)c1sc2nccnc2c1[C@@H]1CCN(C(=O)c2cc(F)cc(F)c2)C1. The fourth-order valence-corrected chi connectivity index (χ4v) is 4.68. The zero-order valence-electron chi connectivity index (χ0n) is 14.9. The molecular weight excluding hydrogens is 386 g/mol. The van der Waals surface area contributed by atoms with Gasteiger partial charge in [-0.05, 0) is 18.6 Å². The maximum absolute atomic E-state index is 13.5. The van der Waals surface area contributed by atoms with Crippen LogP contribution >= 0.6 is 11.3 Å². The maximum atomic E-state index is 13.5. The van der Waals surface area contributed by atoms with Crippen molar-refractivity contribution in [2.24, 2.45) is 0 Å². The molecule has 0 spiro atoms. The second kappa shape index (κ2) is 7.23. The van der Waals surface area contributed by atoms with Crippen LogP contribution in [0.15, 0.2) is 30.6 Å². The lowest BCUT2D eigenvalue weighted by atomic mass is 9.97. The van der Waals surface area contributed by atoms with Gasteiger partial charge in [0.15, 0.2) is 0 Å². The lowest BCUT2D eigenvalue weighted by molar-refractivity contribution is 0.0789. The van der Waals surface area contributed by atoms with Crippen LogP contribution in [0.2, 0.25) is 0 Å². The van der Waals surface area contributed by atoms with E-state index in [-0.39, 0.29) is 17.4 Å². The highest BCUT2D eigenvalue weighted by molar-refractivity contribution is 7.20. The van der Waals surface area contributed by atoms with Gasteiger partial charge in [0.05, 0.1) is 4.88 Å². The molecule has 1 aromatic carbocycles. The summed E-state index contributed by atoms with van der Waals surface area (Å²) in [7, 11) is 1.56. The molecule has 1 N–H and O–H groups in total. The van der Waals surface area contributed by atoms with Gasteiger partial charge in [-0.25, -0.2) is 13.8 Å². The highest BCUT2D eigenvalue weighted by atomic mass is 32.1. The van der Waals surface area contributed by atoms with E-state index in [0.717, 1.165) is 23.8 Å². The number of hydrogen-bond donors (Lipinski definition) is 1. The molecule has 1 saturated heterocycles. The van der Waals surface area contributed by atoms with Crippen LogP contribution in [0.3, 0.4) is 0 Å². The molecule has 0 radical (unpaired) electrons. The molecular formula is C19H16F2N4O2S. The van der Waals surface area contributed by atoms with Gasteiger partial charge in [-0.1, -0.05) is 0 Å². The number of amides is 2. The second-order valence-electron chi connectivity index (χ2n) is 6.53. The number of likely N-dealkylation sites (tertiary alicyclic amines) is 1. The van der Waals surface area contributed by atoms with E-state index >= 15 is 0 Å². The Balaban J connectivity index is 1.66. The van der Waals surface area contributed by atoms with Crippen molar-refractivity contribution < 1.29 is 18.4 Å². The van der Waals surface area contributed by atoms with E-state index < -0.39 is 17.5 Å². The summed E-state index contributed by atoms with van der Waals surface area (Å²) in [6.45, 7) is 0.760. The lowest BCUT2D eigenvalue weighted by Crippen LogP contribution is -2.29. The molecule has 0 unspecified atom stereocenters. The highest BCUT2D eigenvalue weighted by Gasteiger charge is 2.33. The van der Waals surface area contributed by atoms with Crippen LogP contribution in [0.1, 0.15) is 37.9 Å². The summed E-state index contributed by atoms with van der Waals surface area (Å²) in [4.78, 5) is 36.4. The topological polar surface area (TPSA) is 75.2 Å². The van der Waals surface area contributed by atoms with Crippen molar-refractivity contribution in [2.75, 3.05) is 20.1 Å². The molecule has 0 saturated carbocycles. The maximum Gasteiger partial charge on any atom is 0.261 e. The van der Waals surface area contributed by atoms with Crippen LogP contribution < -0.4 is 5.32 Å². The molecule has 3 heterocycles. The zero-order valence-corrected chi connectivity index (χ0v) is 15.7. The Bertz CT molecular complexity index is 1060. The number of nitrogens with one attached hydrogen (secondary N) is 1. The molecule has 1 aliphatic rings. The van der Waals surface area contributed by atoms with Crippen LogP contribution in [0.25, 0.3) is 10.3 Å². The van der Waals surface area contributed by atoms with E-state index in [2.05, 4.69) is 15.3 Å². The molecule has 1 fully saturated rings. The number of carbonyl (C=O) groups is 2. The van der Waals surface area contributed by atoms with E-state index in [4.69, 9.17) is 0 Å². The molecule has 1 aliphatic heterocycles. The minimum Gasteiger partial charge on any atom is -0.354 e. The quantitative estimate of drug-likeness (QED) is 0.731. The number of halogens is 2. The van der Waals surface area contributed by atoms with Gasteiger partial charge < -0.3 is 10.2 Å². The molecule has 4 rings (SSSR count). The average Bonchev–Trinajstić information content (AvgIpc) is 3.30. The Labute approximate surface area is 163 Å². The molecule has 144 valence electrons. The Morgan fingerprint density at radius 3 is 2.61 bits per heavy atom. The molecule has 9 heteroatoms. The molecule has 1 atom stereocenters. The third kappa shape index (κ3) is 3.22. The van der Waals surface area contributed by atoms with Gasteiger partial charge in [0.25, 0.3) is 11.8 Å². The summed E-state index contributed by atoms with van der Waals surface area (Å²) in [5, 5.41) is 2.63. The van der Waals surface area contributed by atoms with E-state index in [1.54, 1.807) is 24.3 Å². The lowest BCUT2D eigenvalue weighted by Gasteiger charge is -2.17. The van der Waals surface area contributed by atoms with Crippen LogP contribution in [0.5, 0.6) is 0 Å². The number of thiophene rings is 1. The van der Waals surface area contributed by atoms with E-state index in [1.807, 2.05) is 0 Å². The first-order valence-electron chi connectivity index (χ1n) is 8.68. The van der Waals surface area contributed by atoms with Crippen LogP contribution in [-0.4, -0.2) is 46.8 Å². The Morgan fingerprint density at radius 2 is 1.89 bits per heavy atom. The van der Waals surface area contributed by atoms with Gasteiger partial charge in [0, 0.05) is 55.6 Å². The summed E-state index contributed by atoms with van der Waals surface area (Å²) in [6.07, 6.45) is 3.76. The number of carbonyl (C=O) groups excluding carboxylic acids is 2. The van der Waals surface area contributed by atoms with Gasteiger partial charge >= 0.3 is 0 Å². The fraction of sp³-hybridized carbons (Fsp3) is 0.263. The molecule has 6 nitrogen and oxygen atoms in total. The van der Waals surface area contributed by atoms with Crippen LogP contribution in [0, 0.1) is 11.6 Å². The molecule has 0 bridgehead atoms. The number of fused-ring (bicyclic) bond motifs is 1. The fourth-order valence-electron chi connectivity index (χ4n) is 3.55. The summed E-state index contributed by atoms with van der Waals surface area (Å²) in [5.74, 6) is -2.36. The average molecular weight is 402 g/mol. The molecule has 28 heavy (non-hydrogen) atoms. The van der Waals surface area contributed by atoms with Crippen molar-refractivity contribution in [1.82, 2.24) is 20.2 Å². The minimum atomic E-state index is -0.792. The van der Waals surface area contributed by atoms with Crippen LogP contribution in [0.4, 0.5) is 8.78 Å². The highest BCUT2D eigenvalue weighted by Crippen LogP contribution is 2.38. The number of benzene rings is 1. The first-order chi connectivity index (χ1) is 13.5. The first kappa shape index (κ1) is 18.4. The van der Waals surface area contributed by atoms with Gasteiger partial charge in [0.2, 0.25) is 0 Å². The second-order valence-corrected chi connectivity index (χ2v) is 7.53. The third-order valence-electron chi connectivity index (χ3n) is 4.79. The van der Waals surface area contributed by atoms with Crippen molar-refractivity contribution in [3.05, 3.63) is 58.2 Å². The van der Waals surface area contributed by atoms with Gasteiger partial charge in [-0.3, -0.25) is 14.6 Å². The van der Waals surface area contributed by atoms with Crippen molar-refractivity contribution in [3.63, 3.8) is 0 Å². The van der Waals surface area contributed by atoms with Crippen molar-refractivity contribution >= 4 is 33.5 Å².